The standard InChI is InChI=1S/C11H13N5O2/c1-7-4-3-5-8(13-7)6-16(2)11(17)9-10(12)15-18-14-9/h3-5H,6H2,1-2H3,(H2,12,15). The van der Waals surface area contributed by atoms with Crippen molar-refractivity contribution in [3.05, 3.63) is 35.3 Å². The number of hydrogen-bond donors (Lipinski definition) is 1. The van der Waals surface area contributed by atoms with Gasteiger partial charge in [0.15, 0.2) is 0 Å². The first kappa shape index (κ1) is 12.0. The van der Waals surface area contributed by atoms with Crippen LogP contribution in [-0.4, -0.2) is 33.2 Å². The molecule has 0 spiro atoms. The number of carbonyl (C=O) groups excluding carboxylic acids is 1. The van der Waals surface area contributed by atoms with Gasteiger partial charge < -0.3 is 10.6 Å². The maximum absolute atomic E-state index is 12.0. The van der Waals surface area contributed by atoms with E-state index in [4.69, 9.17) is 5.73 Å². The first-order chi connectivity index (χ1) is 8.58. The highest BCUT2D eigenvalue weighted by molar-refractivity contribution is 5.95. The van der Waals surface area contributed by atoms with Crippen molar-refractivity contribution in [2.24, 2.45) is 0 Å². The van der Waals surface area contributed by atoms with E-state index in [-0.39, 0.29) is 17.4 Å². The van der Waals surface area contributed by atoms with E-state index >= 15 is 0 Å². The summed E-state index contributed by atoms with van der Waals surface area (Å²) in [4.78, 5) is 17.7. The summed E-state index contributed by atoms with van der Waals surface area (Å²) in [5.74, 6) is -0.360. The summed E-state index contributed by atoms with van der Waals surface area (Å²) in [5.41, 5.74) is 7.18. The summed E-state index contributed by atoms with van der Waals surface area (Å²) in [7, 11) is 1.64. The van der Waals surface area contributed by atoms with E-state index in [9.17, 15) is 4.79 Å². The predicted octanol–water partition coefficient (Wildman–Crippen LogP) is 0.627. The normalized spacial score (nSPS) is 10.3. The number of nitrogen functional groups attached to an aromatic ring is 1. The van der Waals surface area contributed by atoms with Crippen molar-refractivity contribution in [2.75, 3.05) is 12.8 Å². The molecule has 1 amide bonds. The molecule has 0 aliphatic rings. The zero-order valence-electron chi connectivity index (χ0n) is 10.1. The van der Waals surface area contributed by atoms with E-state index < -0.39 is 0 Å². The average Bonchev–Trinajstić information content (AvgIpc) is 2.74. The predicted molar refractivity (Wildman–Crippen MR) is 63.5 cm³/mol. The quantitative estimate of drug-likeness (QED) is 0.854. The number of hydrogen-bond acceptors (Lipinski definition) is 6. The van der Waals surface area contributed by atoms with Crippen LogP contribution in [0.1, 0.15) is 21.9 Å². The van der Waals surface area contributed by atoms with Gasteiger partial charge in [-0.1, -0.05) is 6.07 Å². The average molecular weight is 247 g/mol. The summed E-state index contributed by atoms with van der Waals surface area (Å²) in [6.07, 6.45) is 0. The zero-order valence-corrected chi connectivity index (χ0v) is 10.1. The summed E-state index contributed by atoms with van der Waals surface area (Å²) in [6, 6.07) is 5.63. The van der Waals surface area contributed by atoms with Gasteiger partial charge in [-0.05, 0) is 29.4 Å². The van der Waals surface area contributed by atoms with Crippen LogP contribution in [0.25, 0.3) is 0 Å². The lowest BCUT2D eigenvalue weighted by Gasteiger charge is -2.15. The van der Waals surface area contributed by atoms with Gasteiger partial charge in [-0.3, -0.25) is 9.78 Å². The number of nitrogens with two attached hydrogens (primary N) is 1. The SMILES string of the molecule is Cc1cccc(CN(C)C(=O)c2nonc2N)n1. The van der Waals surface area contributed by atoms with Crippen LogP contribution in [0.4, 0.5) is 5.82 Å². The number of aromatic nitrogens is 3. The van der Waals surface area contributed by atoms with E-state index in [0.717, 1.165) is 11.4 Å². The maximum atomic E-state index is 12.0. The van der Waals surface area contributed by atoms with E-state index in [2.05, 4.69) is 19.9 Å². The number of aryl methyl sites for hydroxylation is 1. The largest absolute Gasteiger partial charge is 0.379 e. The topological polar surface area (TPSA) is 98.1 Å². The molecule has 0 unspecified atom stereocenters. The molecule has 0 aliphatic heterocycles. The second-order valence-electron chi connectivity index (χ2n) is 3.93. The Labute approximate surface area is 104 Å². The third-order valence-electron chi connectivity index (χ3n) is 2.41. The molecule has 0 saturated heterocycles. The van der Waals surface area contributed by atoms with Crippen molar-refractivity contribution in [3.63, 3.8) is 0 Å². The highest BCUT2D eigenvalue weighted by Crippen LogP contribution is 2.09. The second-order valence-corrected chi connectivity index (χ2v) is 3.93. The minimum absolute atomic E-state index is 0.0101. The molecule has 0 aromatic carbocycles. The number of nitrogens with zero attached hydrogens (tertiary/aromatic N) is 4. The van der Waals surface area contributed by atoms with Crippen LogP contribution in [0.2, 0.25) is 0 Å². The first-order valence-corrected chi connectivity index (χ1v) is 5.34. The monoisotopic (exact) mass is 247 g/mol. The molecule has 0 bridgehead atoms. The molecular formula is C11H13N5O2. The van der Waals surface area contributed by atoms with Crippen LogP contribution in [0.3, 0.4) is 0 Å². The van der Waals surface area contributed by atoms with E-state index in [1.165, 1.54) is 4.90 Å². The minimum Gasteiger partial charge on any atom is -0.379 e. The van der Waals surface area contributed by atoms with Gasteiger partial charge in [0.25, 0.3) is 5.91 Å². The number of pyridine rings is 1. The second kappa shape index (κ2) is 4.82. The molecule has 0 radical (unpaired) electrons. The van der Waals surface area contributed by atoms with Crippen molar-refractivity contribution < 1.29 is 9.42 Å². The molecule has 7 heteroatoms. The van der Waals surface area contributed by atoms with Gasteiger partial charge in [0.05, 0.1) is 12.2 Å². The van der Waals surface area contributed by atoms with Crippen LogP contribution >= 0.6 is 0 Å². The van der Waals surface area contributed by atoms with Gasteiger partial charge in [-0.2, -0.15) is 0 Å². The summed E-state index contributed by atoms with van der Waals surface area (Å²) < 4.78 is 4.40. The lowest BCUT2D eigenvalue weighted by Crippen LogP contribution is -2.27. The molecule has 2 aromatic rings. The molecule has 2 aromatic heterocycles. The molecule has 0 atom stereocenters. The van der Waals surface area contributed by atoms with Crippen molar-refractivity contribution in [3.8, 4) is 0 Å². The first-order valence-electron chi connectivity index (χ1n) is 5.34. The van der Waals surface area contributed by atoms with Crippen LogP contribution < -0.4 is 5.73 Å². The van der Waals surface area contributed by atoms with Crippen LogP contribution in [0.5, 0.6) is 0 Å². The lowest BCUT2D eigenvalue weighted by molar-refractivity contribution is 0.0773. The molecule has 0 fully saturated rings. The molecule has 2 N–H and O–H groups in total. The third-order valence-corrected chi connectivity index (χ3v) is 2.41. The van der Waals surface area contributed by atoms with E-state index in [1.54, 1.807) is 7.05 Å². The molecule has 2 rings (SSSR count). The Kier molecular flexibility index (Phi) is 3.22. The Morgan fingerprint density at radius 3 is 2.83 bits per heavy atom. The number of rotatable bonds is 3. The highest BCUT2D eigenvalue weighted by atomic mass is 16.6. The fourth-order valence-electron chi connectivity index (χ4n) is 1.53. The molecule has 2 heterocycles. The third kappa shape index (κ3) is 2.45. The van der Waals surface area contributed by atoms with Gasteiger partial charge in [-0.15, -0.1) is 0 Å². The fourth-order valence-corrected chi connectivity index (χ4v) is 1.53. The molecule has 94 valence electrons. The summed E-state index contributed by atoms with van der Waals surface area (Å²) >= 11 is 0. The number of amides is 1. The zero-order chi connectivity index (χ0) is 13.1. The molecule has 0 aliphatic carbocycles. The van der Waals surface area contributed by atoms with Crippen molar-refractivity contribution in [1.29, 1.82) is 0 Å². The van der Waals surface area contributed by atoms with Crippen molar-refractivity contribution >= 4 is 11.7 Å². The van der Waals surface area contributed by atoms with E-state index in [1.807, 2.05) is 25.1 Å². The molecule has 18 heavy (non-hydrogen) atoms. The minimum atomic E-state index is -0.350. The molecular weight excluding hydrogens is 234 g/mol. The number of carbonyl (C=O) groups is 1. The van der Waals surface area contributed by atoms with Gasteiger partial charge in [-0.25, -0.2) is 4.63 Å². The van der Waals surface area contributed by atoms with Crippen molar-refractivity contribution in [2.45, 2.75) is 13.5 Å². The Morgan fingerprint density at radius 1 is 1.44 bits per heavy atom. The Balaban J connectivity index is 2.11. The van der Waals surface area contributed by atoms with Crippen LogP contribution in [-0.2, 0) is 6.54 Å². The summed E-state index contributed by atoms with van der Waals surface area (Å²) in [6.45, 7) is 2.26. The molecule has 7 nitrogen and oxygen atoms in total. The fraction of sp³-hybridized carbons (Fsp3) is 0.273. The lowest BCUT2D eigenvalue weighted by atomic mass is 10.3. The van der Waals surface area contributed by atoms with E-state index in [0.29, 0.717) is 6.54 Å². The van der Waals surface area contributed by atoms with Gasteiger partial charge >= 0.3 is 0 Å². The van der Waals surface area contributed by atoms with Crippen molar-refractivity contribution in [1.82, 2.24) is 20.2 Å². The number of anilines is 1. The Morgan fingerprint density at radius 2 is 2.22 bits per heavy atom. The Bertz CT molecular complexity index is 566. The summed E-state index contributed by atoms with van der Waals surface area (Å²) in [5, 5.41) is 6.84. The highest BCUT2D eigenvalue weighted by Gasteiger charge is 2.20. The molecule has 0 saturated carbocycles. The Hall–Kier alpha value is -2.44. The van der Waals surface area contributed by atoms with Crippen LogP contribution in [0, 0.1) is 6.92 Å². The van der Waals surface area contributed by atoms with Crippen LogP contribution in [0.15, 0.2) is 22.8 Å². The van der Waals surface area contributed by atoms with Gasteiger partial charge in [0.1, 0.15) is 0 Å². The van der Waals surface area contributed by atoms with Gasteiger partial charge in [0, 0.05) is 12.7 Å². The smallest absolute Gasteiger partial charge is 0.280 e. The van der Waals surface area contributed by atoms with Gasteiger partial charge in [0.2, 0.25) is 11.5 Å². The maximum Gasteiger partial charge on any atom is 0.280 e.